The van der Waals surface area contributed by atoms with Gasteiger partial charge in [-0.2, -0.15) is 0 Å². The lowest BCUT2D eigenvalue weighted by atomic mass is 10.1. The Morgan fingerprint density at radius 3 is 2.06 bits per heavy atom. The van der Waals surface area contributed by atoms with Crippen molar-refractivity contribution in [2.75, 3.05) is 54.2 Å². The van der Waals surface area contributed by atoms with Crippen LogP contribution in [0, 0.1) is 5.92 Å². The fourth-order valence-electron chi connectivity index (χ4n) is 3.51. The van der Waals surface area contributed by atoms with Gasteiger partial charge in [-0.05, 0) is 59.0 Å². The Labute approximate surface area is 220 Å². The zero-order chi connectivity index (χ0) is 26.7. The van der Waals surface area contributed by atoms with Crippen LogP contribution in [0.2, 0.25) is 0 Å². The van der Waals surface area contributed by atoms with Crippen molar-refractivity contribution >= 4 is 12.1 Å². The fraction of sp³-hybridized carbons (Fsp3) is 0.793. The summed E-state index contributed by atoms with van der Waals surface area (Å²) >= 11 is 0. The number of hydrogen-bond donors (Lipinski definition) is 0. The summed E-state index contributed by atoms with van der Waals surface area (Å²) < 4.78 is 20.7. The number of ether oxygens (including phenoxy) is 4. The third kappa shape index (κ3) is 25.2. The van der Waals surface area contributed by atoms with Crippen LogP contribution in [0.15, 0.2) is 24.3 Å². The number of hydrogen-bond acceptors (Lipinski definition) is 7. The Morgan fingerprint density at radius 1 is 0.750 bits per heavy atom. The standard InChI is InChI=1S/C29H53NO6/c1-5-6-7-8-9-10-11-12-13-14-15-16-17-18-19-21-28(31)35-25-27(24-33-4)26-36-29(32)34-23-20-22-30(2)3/h9-10,12-13,27H,5-8,11,14-26H2,1-4H3/b10-9-,13-12-. The zero-order valence-corrected chi connectivity index (χ0v) is 23.5. The van der Waals surface area contributed by atoms with Crippen LogP contribution in [-0.2, 0) is 23.7 Å². The van der Waals surface area contributed by atoms with Gasteiger partial charge in [-0.1, -0.05) is 63.3 Å². The highest BCUT2D eigenvalue weighted by Crippen LogP contribution is 2.10. The molecule has 7 nitrogen and oxygen atoms in total. The summed E-state index contributed by atoms with van der Waals surface area (Å²) in [5.74, 6) is -0.425. The number of carbonyl (C=O) groups excluding carboxylic acids is 2. The third-order valence-electron chi connectivity index (χ3n) is 5.62. The molecule has 0 saturated heterocycles. The molecule has 0 spiro atoms. The molecule has 1 atom stereocenters. The van der Waals surface area contributed by atoms with E-state index < -0.39 is 6.16 Å². The maximum absolute atomic E-state index is 12.0. The lowest BCUT2D eigenvalue weighted by Crippen LogP contribution is -2.25. The summed E-state index contributed by atoms with van der Waals surface area (Å²) in [5.41, 5.74) is 0. The van der Waals surface area contributed by atoms with Gasteiger partial charge in [0.05, 0.1) is 25.7 Å². The Hall–Kier alpha value is -1.86. The quantitative estimate of drug-likeness (QED) is 0.0810. The van der Waals surface area contributed by atoms with E-state index in [1.807, 2.05) is 19.0 Å². The summed E-state index contributed by atoms with van der Waals surface area (Å²) in [6.45, 7) is 3.98. The molecule has 0 aliphatic heterocycles. The Balaban J connectivity index is 3.72. The molecule has 1 unspecified atom stereocenters. The molecular formula is C29H53NO6. The number of unbranched alkanes of at least 4 members (excludes halogenated alkanes) is 8. The van der Waals surface area contributed by atoms with Crippen molar-refractivity contribution in [3.63, 3.8) is 0 Å². The van der Waals surface area contributed by atoms with Crippen molar-refractivity contribution in [1.82, 2.24) is 4.90 Å². The largest absolute Gasteiger partial charge is 0.508 e. The zero-order valence-electron chi connectivity index (χ0n) is 23.5. The van der Waals surface area contributed by atoms with Gasteiger partial charge in [-0.3, -0.25) is 4.79 Å². The first-order valence-corrected chi connectivity index (χ1v) is 13.9. The first-order chi connectivity index (χ1) is 17.5. The average molecular weight is 512 g/mol. The van der Waals surface area contributed by atoms with E-state index in [2.05, 4.69) is 31.2 Å². The molecule has 0 aliphatic rings. The molecule has 36 heavy (non-hydrogen) atoms. The van der Waals surface area contributed by atoms with E-state index in [4.69, 9.17) is 18.9 Å². The van der Waals surface area contributed by atoms with Crippen LogP contribution in [0.4, 0.5) is 4.79 Å². The molecule has 0 aromatic carbocycles. The third-order valence-corrected chi connectivity index (χ3v) is 5.62. The second kappa shape index (κ2) is 26.2. The van der Waals surface area contributed by atoms with Crippen LogP contribution in [-0.4, -0.2) is 71.2 Å². The van der Waals surface area contributed by atoms with Crippen molar-refractivity contribution in [1.29, 1.82) is 0 Å². The maximum atomic E-state index is 12.0. The first kappa shape index (κ1) is 34.1. The van der Waals surface area contributed by atoms with E-state index in [9.17, 15) is 9.59 Å². The van der Waals surface area contributed by atoms with Crippen molar-refractivity contribution in [3.05, 3.63) is 24.3 Å². The van der Waals surface area contributed by atoms with E-state index in [0.717, 1.165) is 45.1 Å². The van der Waals surface area contributed by atoms with Gasteiger partial charge in [0.2, 0.25) is 0 Å². The van der Waals surface area contributed by atoms with Crippen LogP contribution < -0.4 is 0 Å². The van der Waals surface area contributed by atoms with Gasteiger partial charge in [0.1, 0.15) is 6.61 Å². The number of nitrogens with zero attached hydrogens (tertiary/aromatic N) is 1. The Kier molecular flexibility index (Phi) is 24.9. The summed E-state index contributed by atoms with van der Waals surface area (Å²) in [6.07, 6.45) is 22.2. The SMILES string of the molecule is CCCCC/C=C\C/C=C\CCCCCCCC(=O)OCC(COC)COC(=O)OCCCN(C)C. The summed E-state index contributed by atoms with van der Waals surface area (Å²) in [6, 6.07) is 0. The number of allylic oxidation sites excluding steroid dienone is 4. The van der Waals surface area contributed by atoms with Crippen LogP contribution in [0.25, 0.3) is 0 Å². The van der Waals surface area contributed by atoms with Gasteiger partial charge < -0.3 is 23.8 Å². The van der Waals surface area contributed by atoms with Crippen LogP contribution in [0.3, 0.4) is 0 Å². The van der Waals surface area contributed by atoms with Gasteiger partial charge in [0.15, 0.2) is 0 Å². The van der Waals surface area contributed by atoms with E-state index in [0.29, 0.717) is 19.6 Å². The smallest absolute Gasteiger partial charge is 0.465 e. The molecule has 0 radical (unpaired) electrons. The number of carbonyl (C=O) groups is 2. The van der Waals surface area contributed by atoms with Crippen LogP contribution in [0.5, 0.6) is 0 Å². The Morgan fingerprint density at radius 2 is 1.39 bits per heavy atom. The summed E-state index contributed by atoms with van der Waals surface area (Å²) in [7, 11) is 5.49. The van der Waals surface area contributed by atoms with E-state index in [1.54, 1.807) is 7.11 Å². The minimum Gasteiger partial charge on any atom is -0.465 e. The number of esters is 1. The van der Waals surface area contributed by atoms with E-state index >= 15 is 0 Å². The normalized spacial score (nSPS) is 12.5. The van der Waals surface area contributed by atoms with Crippen LogP contribution >= 0.6 is 0 Å². The topological polar surface area (TPSA) is 74.3 Å². The molecule has 0 rings (SSSR count). The van der Waals surface area contributed by atoms with Gasteiger partial charge in [0, 0.05) is 20.1 Å². The molecule has 7 heteroatoms. The predicted molar refractivity (Wildman–Crippen MR) is 146 cm³/mol. The van der Waals surface area contributed by atoms with Crippen molar-refractivity contribution < 1.29 is 28.5 Å². The van der Waals surface area contributed by atoms with Gasteiger partial charge >= 0.3 is 12.1 Å². The molecule has 0 heterocycles. The van der Waals surface area contributed by atoms with Gasteiger partial charge in [-0.15, -0.1) is 0 Å². The highest BCUT2D eigenvalue weighted by molar-refractivity contribution is 5.69. The minimum atomic E-state index is -0.702. The van der Waals surface area contributed by atoms with Crippen molar-refractivity contribution in [3.8, 4) is 0 Å². The van der Waals surface area contributed by atoms with Crippen LogP contribution in [0.1, 0.15) is 90.4 Å². The minimum absolute atomic E-state index is 0.0946. The molecule has 0 fully saturated rings. The molecule has 0 saturated carbocycles. The lowest BCUT2D eigenvalue weighted by Gasteiger charge is -2.16. The monoisotopic (exact) mass is 511 g/mol. The lowest BCUT2D eigenvalue weighted by molar-refractivity contribution is -0.146. The molecule has 0 aromatic rings. The molecule has 0 aliphatic carbocycles. The maximum Gasteiger partial charge on any atom is 0.508 e. The van der Waals surface area contributed by atoms with Gasteiger partial charge in [0.25, 0.3) is 0 Å². The first-order valence-electron chi connectivity index (χ1n) is 13.9. The summed E-state index contributed by atoms with van der Waals surface area (Å²) in [5, 5.41) is 0. The van der Waals surface area contributed by atoms with E-state index in [-0.39, 0.29) is 25.1 Å². The number of rotatable bonds is 24. The molecule has 0 aromatic heterocycles. The molecule has 0 amide bonds. The second-order valence-corrected chi connectivity index (χ2v) is 9.55. The van der Waals surface area contributed by atoms with Crippen molar-refractivity contribution in [2.24, 2.45) is 5.92 Å². The molecule has 0 N–H and O–H groups in total. The molecule has 210 valence electrons. The average Bonchev–Trinajstić information content (AvgIpc) is 2.85. The highest BCUT2D eigenvalue weighted by Gasteiger charge is 2.15. The van der Waals surface area contributed by atoms with Gasteiger partial charge in [-0.25, -0.2) is 4.79 Å². The molecule has 0 bridgehead atoms. The highest BCUT2D eigenvalue weighted by atomic mass is 16.7. The van der Waals surface area contributed by atoms with Crippen molar-refractivity contribution in [2.45, 2.75) is 90.4 Å². The predicted octanol–water partition coefficient (Wildman–Crippen LogP) is 6.71. The second-order valence-electron chi connectivity index (χ2n) is 9.55. The van der Waals surface area contributed by atoms with E-state index in [1.165, 1.54) is 38.5 Å². The summed E-state index contributed by atoms with van der Waals surface area (Å²) in [4.78, 5) is 25.7. The number of methoxy groups -OCH3 is 1. The fourth-order valence-corrected chi connectivity index (χ4v) is 3.51. The Bertz CT molecular complexity index is 576. The molecular weight excluding hydrogens is 458 g/mol.